The highest BCUT2D eigenvalue weighted by atomic mass is 19.1. The van der Waals surface area contributed by atoms with Crippen molar-refractivity contribution in [2.75, 3.05) is 13.1 Å². The topological polar surface area (TPSA) is 60.8 Å². The van der Waals surface area contributed by atoms with E-state index in [9.17, 15) is 14.3 Å². The van der Waals surface area contributed by atoms with E-state index in [1.54, 1.807) is 12.1 Å². The molecule has 1 unspecified atom stereocenters. The first-order valence-electron chi connectivity index (χ1n) is 6.22. The van der Waals surface area contributed by atoms with Crippen molar-refractivity contribution in [1.29, 1.82) is 0 Å². The number of hydrogen-bond donors (Lipinski definition) is 2. The fourth-order valence-corrected chi connectivity index (χ4v) is 2.75. The second-order valence-electron chi connectivity index (χ2n) is 5.71. The van der Waals surface area contributed by atoms with E-state index < -0.39 is 17.1 Å². The minimum absolute atomic E-state index is 0.246. The molecule has 0 aromatic heterocycles. The Hall–Kier alpha value is -1.62. The van der Waals surface area contributed by atoms with Gasteiger partial charge in [-0.25, -0.2) is 9.18 Å². The largest absolute Gasteiger partial charge is 0.465 e. The summed E-state index contributed by atoms with van der Waals surface area (Å²) in [5.41, 5.74) is -1.15. The number of aliphatic hydroxyl groups is 1. The van der Waals surface area contributed by atoms with Crippen LogP contribution < -0.4 is 0 Å². The second kappa shape index (κ2) is 4.49. The summed E-state index contributed by atoms with van der Waals surface area (Å²) in [7, 11) is 0. The number of piperidine rings is 1. The second-order valence-corrected chi connectivity index (χ2v) is 5.71. The van der Waals surface area contributed by atoms with Crippen LogP contribution in [0.1, 0.15) is 25.8 Å². The standard InChI is InChI=1S/C14H18FNO3/c1-13(2)9-16(12(17)18)8-7-14(13,19)10-3-5-11(15)6-4-10/h3-6,19H,7-9H2,1-2H3,(H,17,18). The Labute approximate surface area is 111 Å². The zero-order valence-corrected chi connectivity index (χ0v) is 11.1. The molecule has 19 heavy (non-hydrogen) atoms. The van der Waals surface area contributed by atoms with Gasteiger partial charge in [-0.1, -0.05) is 26.0 Å². The maximum atomic E-state index is 13.0. The SMILES string of the molecule is CC1(C)CN(C(=O)O)CCC1(O)c1ccc(F)cc1. The molecule has 5 heteroatoms. The normalized spacial score (nSPS) is 26.2. The Morgan fingerprint density at radius 1 is 1.32 bits per heavy atom. The lowest BCUT2D eigenvalue weighted by Gasteiger charge is -2.49. The molecule has 2 rings (SSSR count). The summed E-state index contributed by atoms with van der Waals surface area (Å²) in [6, 6.07) is 5.75. The Morgan fingerprint density at radius 3 is 2.37 bits per heavy atom. The number of benzene rings is 1. The third-order valence-electron chi connectivity index (χ3n) is 4.04. The molecule has 0 spiro atoms. The predicted octanol–water partition coefficient (Wildman–Crippen LogP) is 2.42. The van der Waals surface area contributed by atoms with Crippen LogP contribution >= 0.6 is 0 Å². The third kappa shape index (κ3) is 2.30. The van der Waals surface area contributed by atoms with E-state index in [0.29, 0.717) is 12.0 Å². The van der Waals surface area contributed by atoms with Gasteiger partial charge in [0.25, 0.3) is 0 Å². The van der Waals surface area contributed by atoms with Gasteiger partial charge in [-0.05, 0) is 24.1 Å². The number of carboxylic acid groups (broad SMARTS) is 1. The fraction of sp³-hybridized carbons (Fsp3) is 0.500. The molecule has 1 saturated heterocycles. The van der Waals surface area contributed by atoms with Crippen LogP contribution in [0.4, 0.5) is 9.18 Å². The monoisotopic (exact) mass is 267 g/mol. The quantitative estimate of drug-likeness (QED) is 0.821. The van der Waals surface area contributed by atoms with Crippen LogP contribution in [0.5, 0.6) is 0 Å². The molecule has 104 valence electrons. The molecule has 1 amide bonds. The molecule has 1 aromatic rings. The van der Waals surface area contributed by atoms with Gasteiger partial charge < -0.3 is 15.1 Å². The number of likely N-dealkylation sites (tertiary alicyclic amines) is 1. The van der Waals surface area contributed by atoms with E-state index in [4.69, 9.17) is 5.11 Å². The molecule has 2 N–H and O–H groups in total. The van der Waals surface area contributed by atoms with Gasteiger partial charge in [0.1, 0.15) is 5.82 Å². The van der Waals surface area contributed by atoms with Crippen LogP contribution in [0.3, 0.4) is 0 Å². The third-order valence-corrected chi connectivity index (χ3v) is 4.04. The lowest BCUT2D eigenvalue weighted by molar-refractivity contribution is -0.119. The molecule has 0 radical (unpaired) electrons. The van der Waals surface area contributed by atoms with Crippen molar-refractivity contribution in [2.45, 2.75) is 25.9 Å². The lowest BCUT2D eigenvalue weighted by Crippen LogP contribution is -2.56. The van der Waals surface area contributed by atoms with Crippen LogP contribution in [-0.4, -0.2) is 34.3 Å². The summed E-state index contributed by atoms with van der Waals surface area (Å²) >= 11 is 0. The van der Waals surface area contributed by atoms with Gasteiger partial charge >= 0.3 is 6.09 Å². The number of halogens is 1. The zero-order chi connectivity index (χ0) is 14.3. The first kappa shape index (κ1) is 13.8. The average molecular weight is 267 g/mol. The Morgan fingerprint density at radius 2 is 1.89 bits per heavy atom. The molecule has 1 fully saturated rings. The minimum atomic E-state index is -1.15. The number of rotatable bonds is 1. The smallest absolute Gasteiger partial charge is 0.407 e. The minimum Gasteiger partial charge on any atom is -0.465 e. The van der Waals surface area contributed by atoms with E-state index in [0.717, 1.165) is 0 Å². The fourth-order valence-electron chi connectivity index (χ4n) is 2.75. The molecular weight excluding hydrogens is 249 g/mol. The number of nitrogens with zero attached hydrogens (tertiary/aromatic N) is 1. The van der Waals surface area contributed by atoms with E-state index in [-0.39, 0.29) is 18.9 Å². The molecule has 0 aliphatic carbocycles. The first-order chi connectivity index (χ1) is 8.76. The molecule has 0 saturated carbocycles. The van der Waals surface area contributed by atoms with Crippen LogP contribution in [0, 0.1) is 11.2 Å². The average Bonchev–Trinajstić information content (AvgIpc) is 2.33. The van der Waals surface area contributed by atoms with E-state index in [2.05, 4.69) is 0 Å². The van der Waals surface area contributed by atoms with Crippen molar-refractivity contribution >= 4 is 6.09 Å². The highest BCUT2D eigenvalue weighted by molar-refractivity contribution is 5.65. The van der Waals surface area contributed by atoms with E-state index >= 15 is 0 Å². The van der Waals surface area contributed by atoms with Gasteiger partial charge in [0, 0.05) is 18.5 Å². The van der Waals surface area contributed by atoms with Gasteiger partial charge in [0.05, 0.1) is 5.60 Å². The van der Waals surface area contributed by atoms with Gasteiger partial charge in [-0.15, -0.1) is 0 Å². The van der Waals surface area contributed by atoms with Crippen LogP contribution in [0.15, 0.2) is 24.3 Å². The number of carbonyl (C=O) groups is 1. The summed E-state index contributed by atoms with van der Waals surface area (Å²) in [5, 5.41) is 20.0. The highest BCUT2D eigenvalue weighted by Crippen LogP contribution is 2.45. The van der Waals surface area contributed by atoms with Gasteiger partial charge in [-0.2, -0.15) is 0 Å². The lowest BCUT2D eigenvalue weighted by atomic mass is 9.66. The van der Waals surface area contributed by atoms with Crippen LogP contribution in [-0.2, 0) is 5.60 Å². The van der Waals surface area contributed by atoms with Crippen molar-refractivity contribution in [3.8, 4) is 0 Å². The number of amides is 1. The Bertz CT molecular complexity index is 486. The predicted molar refractivity (Wildman–Crippen MR) is 68.3 cm³/mol. The van der Waals surface area contributed by atoms with Crippen molar-refractivity contribution in [2.24, 2.45) is 5.41 Å². The van der Waals surface area contributed by atoms with E-state index in [1.807, 2.05) is 13.8 Å². The van der Waals surface area contributed by atoms with Crippen molar-refractivity contribution in [1.82, 2.24) is 4.90 Å². The van der Waals surface area contributed by atoms with Crippen molar-refractivity contribution in [3.63, 3.8) is 0 Å². The Balaban J connectivity index is 2.33. The molecule has 0 bridgehead atoms. The van der Waals surface area contributed by atoms with Gasteiger partial charge in [0.15, 0.2) is 0 Å². The van der Waals surface area contributed by atoms with Gasteiger partial charge in [0.2, 0.25) is 0 Å². The summed E-state index contributed by atoms with van der Waals surface area (Å²) in [4.78, 5) is 12.3. The maximum absolute atomic E-state index is 13.0. The number of hydrogen-bond acceptors (Lipinski definition) is 2. The molecule has 1 aromatic carbocycles. The highest BCUT2D eigenvalue weighted by Gasteiger charge is 2.49. The molecular formula is C14H18FNO3. The van der Waals surface area contributed by atoms with E-state index in [1.165, 1.54) is 17.0 Å². The molecule has 1 aliphatic rings. The van der Waals surface area contributed by atoms with Crippen molar-refractivity contribution < 1.29 is 19.4 Å². The first-order valence-corrected chi connectivity index (χ1v) is 6.22. The molecule has 4 nitrogen and oxygen atoms in total. The summed E-state index contributed by atoms with van der Waals surface area (Å²) in [6.07, 6.45) is -0.674. The Kier molecular flexibility index (Phi) is 3.26. The van der Waals surface area contributed by atoms with Gasteiger partial charge in [-0.3, -0.25) is 0 Å². The maximum Gasteiger partial charge on any atom is 0.407 e. The summed E-state index contributed by atoms with van der Waals surface area (Å²) in [5.74, 6) is -0.354. The summed E-state index contributed by atoms with van der Waals surface area (Å²) in [6.45, 7) is 4.17. The van der Waals surface area contributed by atoms with Crippen LogP contribution in [0.2, 0.25) is 0 Å². The van der Waals surface area contributed by atoms with Crippen molar-refractivity contribution in [3.05, 3.63) is 35.6 Å². The molecule has 1 atom stereocenters. The van der Waals surface area contributed by atoms with Crippen LogP contribution in [0.25, 0.3) is 0 Å². The molecule has 1 aliphatic heterocycles. The summed E-state index contributed by atoms with van der Waals surface area (Å²) < 4.78 is 13.0. The zero-order valence-electron chi connectivity index (χ0n) is 11.1. The molecule has 1 heterocycles.